The Bertz CT molecular complexity index is 1630. The van der Waals surface area contributed by atoms with Gasteiger partial charge in [0.2, 0.25) is 0 Å². The van der Waals surface area contributed by atoms with Crippen molar-refractivity contribution >= 4 is 60.1 Å². The number of anilines is 1. The van der Waals surface area contributed by atoms with Crippen LogP contribution in [-0.2, 0) is 9.84 Å². The molecular formula is C27H29ClN6O4S2. The van der Waals surface area contributed by atoms with Crippen LogP contribution in [0.2, 0.25) is 5.02 Å². The Morgan fingerprint density at radius 3 is 2.55 bits per heavy atom. The van der Waals surface area contributed by atoms with E-state index in [1.54, 1.807) is 36.4 Å². The van der Waals surface area contributed by atoms with E-state index in [4.69, 9.17) is 11.6 Å². The number of carbonyl (C=O) groups is 2. The SMILES string of the molecule is CN1CCN(CCCS(=O)(=O)c2ccc3nc(NC(=O)NC(=O)c4cc(-n5cccc5)ccc4Cl)sc3c2)CC1. The van der Waals surface area contributed by atoms with E-state index in [9.17, 15) is 18.0 Å². The standard InChI is InChI=1S/C27H29ClN6O4S2/c1-32-12-14-33(15-13-32)9-4-16-40(37,38)20-6-8-23-24(18-20)39-27(29-23)31-26(36)30-25(35)21-17-19(5-7-22(21)28)34-10-2-3-11-34/h2-3,5-8,10-11,17-18H,4,9,12-16H2,1H3,(H2,29,30,31,35,36). The smallest absolute Gasteiger partial charge is 0.324 e. The fraction of sp³-hybridized carbons (Fsp3) is 0.296. The predicted octanol–water partition coefficient (Wildman–Crippen LogP) is 4.11. The van der Waals surface area contributed by atoms with E-state index in [1.807, 2.05) is 29.1 Å². The number of aromatic nitrogens is 2. The summed E-state index contributed by atoms with van der Waals surface area (Å²) in [6.07, 6.45) is 4.22. The van der Waals surface area contributed by atoms with E-state index in [0.29, 0.717) is 16.6 Å². The highest BCUT2D eigenvalue weighted by molar-refractivity contribution is 7.91. The van der Waals surface area contributed by atoms with E-state index >= 15 is 0 Å². The van der Waals surface area contributed by atoms with Crippen molar-refractivity contribution in [2.24, 2.45) is 0 Å². The van der Waals surface area contributed by atoms with Crippen LogP contribution in [0.1, 0.15) is 16.8 Å². The lowest BCUT2D eigenvalue weighted by Crippen LogP contribution is -2.44. The minimum atomic E-state index is -3.46. The third-order valence-corrected chi connectivity index (χ3v) is 9.81. The number of hydrogen-bond acceptors (Lipinski definition) is 8. The lowest BCUT2D eigenvalue weighted by molar-refractivity contribution is 0.0967. The van der Waals surface area contributed by atoms with Gasteiger partial charge in [-0.15, -0.1) is 0 Å². The quantitative estimate of drug-likeness (QED) is 0.313. The molecule has 3 amide bonds. The number of piperazine rings is 1. The number of nitrogens with one attached hydrogen (secondary N) is 2. The van der Waals surface area contributed by atoms with Gasteiger partial charge in [0.25, 0.3) is 5.91 Å². The molecular weight excluding hydrogens is 572 g/mol. The lowest BCUT2D eigenvalue weighted by atomic mass is 10.2. The molecule has 3 heterocycles. The maximum absolute atomic E-state index is 13.0. The summed E-state index contributed by atoms with van der Waals surface area (Å²) in [7, 11) is -1.38. The molecule has 0 radical (unpaired) electrons. The summed E-state index contributed by atoms with van der Waals surface area (Å²) in [6, 6.07) is 12.6. The molecule has 210 valence electrons. The van der Waals surface area contributed by atoms with Crippen LogP contribution in [0.5, 0.6) is 0 Å². The van der Waals surface area contributed by atoms with Gasteiger partial charge in [-0.3, -0.25) is 15.4 Å². The summed E-state index contributed by atoms with van der Waals surface area (Å²) in [5, 5.41) is 5.27. The summed E-state index contributed by atoms with van der Waals surface area (Å²) in [5.74, 6) is -0.601. The monoisotopic (exact) mass is 600 g/mol. The number of benzene rings is 2. The van der Waals surface area contributed by atoms with Crippen molar-refractivity contribution in [3.8, 4) is 5.69 Å². The predicted molar refractivity (Wildman–Crippen MR) is 157 cm³/mol. The fourth-order valence-corrected chi connectivity index (χ4v) is 6.97. The first-order valence-corrected chi connectivity index (χ1v) is 15.6. The summed E-state index contributed by atoms with van der Waals surface area (Å²) in [5.41, 5.74) is 1.41. The van der Waals surface area contributed by atoms with Gasteiger partial charge in [-0.05, 0) is 68.5 Å². The van der Waals surface area contributed by atoms with Crippen molar-refractivity contribution < 1.29 is 18.0 Å². The molecule has 4 aromatic rings. The number of rotatable bonds is 8. The molecule has 1 fully saturated rings. The number of likely N-dealkylation sites (N-methyl/N-ethyl adjacent to an activating group) is 1. The summed E-state index contributed by atoms with van der Waals surface area (Å²) >= 11 is 7.34. The number of nitrogens with zero attached hydrogens (tertiary/aromatic N) is 4. The molecule has 13 heteroatoms. The second kappa shape index (κ2) is 12.1. The molecule has 1 aliphatic rings. The first-order chi connectivity index (χ1) is 19.2. The minimum Gasteiger partial charge on any atom is -0.324 e. The van der Waals surface area contributed by atoms with E-state index in [-0.39, 0.29) is 26.4 Å². The first kappa shape index (κ1) is 28.2. The molecule has 0 aliphatic carbocycles. The number of imide groups is 1. The van der Waals surface area contributed by atoms with Gasteiger partial charge in [-0.25, -0.2) is 18.2 Å². The van der Waals surface area contributed by atoms with E-state index < -0.39 is 21.8 Å². The number of fused-ring (bicyclic) bond motifs is 1. The van der Waals surface area contributed by atoms with Crippen LogP contribution in [0.15, 0.2) is 65.8 Å². The fourth-order valence-electron chi connectivity index (χ4n) is 4.47. The zero-order chi connectivity index (χ0) is 28.3. The molecule has 0 unspecified atom stereocenters. The Morgan fingerprint density at radius 1 is 1.05 bits per heavy atom. The second-order valence-electron chi connectivity index (χ2n) is 9.63. The molecule has 0 atom stereocenters. The zero-order valence-electron chi connectivity index (χ0n) is 21.8. The summed E-state index contributed by atoms with van der Waals surface area (Å²) < 4.78 is 28.4. The van der Waals surface area contributed by atoms with Crippen molar-refractivity contribution in [3.63, 3.8) is 0 Å². The molecule has 1 saturated heterocycles. The molecule has 2 aromatic heterocycles. The van der Waals surface area contributed by atoms with Crippen molar-refractivity contribution in [3.05, 3.63) is 71.5 Å². The second-order valence-corrected chi connectivity index (χ2v) is 13.2. The van der Waals surface area contributed by atoms with Gasteiger partial charge in [0, 0.05) is 44.3 Å². The molecule has 40 heavy (non-hydrogen) atoms. The van der Waals surface area contributed by atoms with Crippen molar-refractivity contribution in [2.75, 3.05) is 50.8 Å². The Labute approximate surface area is 241 Å². The number of carbonyl (C=O) groups excluding carboxylic acids is 2. The highest BCUT2D eigenvalue weighted by Crippen LogP contribution is 2.29. The number of amides is 3. The van der Waals surface area contributed by atoms with E-state index in [1.165, 1.54) is 0 Å². The Morgan fingerprint density at radius 2 is 1.80 bits per heavy atom. The third kappa shape index (κ3) is 6.70. The largest absolute Gasteiger partial charge is 0.327 e. The molecule has 5 rings (SSSR count). The highest BCUT2D eigenvalue weighted by atomic mass is 35.5. The Hall–Kier alpha value is -3.29. The van der Waals surface area contributed by atoms with Crippen LogP contribution in [0.25, 0.3) is 15.9 Å². The Kier molecular flexibility index (Phi) is 8.52. The maximum Gasteiger partial charge on any atom is 0.327 e. The zero-order valence-corrected chi connectivity index (χ0v) is 24.2. The topological polar surface area (TPSA) is 117 Å². The molecule has 2 aromatic carbocycles. The third-order valence-electron chi connectivity index (χ3n) is 6.75. The van der Waals surface area contributed by atoms with E-state index in [0.717, 1.165) is 49.7 Å². The summed E-state index contributed by atoms with van der Waals surface area (Å²) in [6.45, 7) is 4.63. The lowest BCUT2D eigenvalue weighted by Gasteiger charge is -2.32. The van der Waals surface area contributed by atoms with Crippen LogP contribution in [0, 0.1) is 0 Å². The maximum atomic E-state index is 13.0. The average Bonchev–Trinajstić information content (AvgIpc) is 3.59. The van der Waals surface area contributed by atoms with Gasteiger partial charge in [0.1, 0.15) is 0 Å². The number of hydrogen-bond donors (Lipinski definition) is 2. The van der Waals surface area contributed by atoms with Gasteiger partial charge < -0.3 is 14.4 Å². The van der Waals surface area contributed by atoms with Gasteiger partial charge in [0.05, 0.1) is 31.5 Å². The number of urea groups is 1. The number of thiazole rings is 1. The van der Waals surface area contributed by atoms with Gasteiger partial charge in [-0.1, -0.05) is 22.9 Å². The van der Waals surface area contributed by atoms with Gasteiger partial charge in [-0.2, -0.15) is 0 Å². The number of sulfone groups is 1. The van der Waals surface area contributed by atoms with Crippen LogP contribution in [-0.4, -0.2) is 85.2 Å². The molecule has 0 saturated carbocycles. The van der Waals surface area contributed by atoms with E-state index in [2.05, 4.69) is 32.5 Å². The molecule has 0 bridgehead atoms. The molecule has 1 aliphatic heterocycles. The van der Waals surface area contributed by atoms with Gasteiger partial charge in [0.15, 0.2) is 15.0 Å². The van der Waals surface area contributed by atoms with Gasteiger partial charge >= 0.3 is 6.03 Å². The van der Waals surface area contributed by atoms with Crippen molar-refractivity contribution in [2.45, 2.75) is 11.3 Å². The number of halogens is 1. The molecule has 0 spiro atoms. The van der Waals surface area contributed by atoms with Crippen molar-refractivity contribution in [1.82, 2.24) is 24.7 Å². The summed E-state index contributed by atoms with van der Waals surface area (Å²) in [4.78, 5) is 34.5. The highest BCUT2D eigenvalue weighted by Gasteiger charge is 2.20. The molecule has 2 N–H and O–H groups in total. The van der Waals surface area contributed by atoms with Crippen LogP contribution < -0.4 is 10.6 Å². The minimum absolute atomic E-state index is 0.0629. The Balaban J connectivity index is 1.20. The van der Waals surface area contributed by atoms with Crippen molar-refractivity contribution in [1.29, 1.82) is 0 Å². The van der Waals surface area contributed by atoms with Crippen LogP contribution in [0.4, 0.5) is 9.93 Å². The average molecular weight is 601 g/mol. The van der Waals surface area contributed by atoms with Crippen LogP contribution in [0.3, 0.4) is 0 Å². The first-order valence-electron chi connectivity index (χ1n) is 12.8. The molecule has 10 nitrogen and oxygen atoms in total. The normalized spacial score (nSPS) is 14.8. The van der Waals surface area contributed by atoms with Crippen LogP contribution >= 0.6 is 22.9 Å².